The van der Waals surface area contributed by atoms with E-state index in [1.807, 2.05) is 30.3 Å². The van der Waals surface area contributed by atoms with Crippen LogP contribution in [0, 0.1) is 0 Å². The molecule has 3 N–H and O–H groups in total. The SMILES string of the molecule is C=CCCC(C)Nc1ccc(OCC(N)=O)cc1. The van der Waals surface area contributed by atoms with Gasteiger partial charge in [-0.25, -0.2) is 0 Å². The second-order valence-corrected chi connectivity index (χ2v) is 4.19. The average molecular weight is 248 g/mol. The molecular formula is C14H20N2O2. The smallest absolute Gasteiger partial charge is 0.255 e. The minimum atomic E-state index is -0.477. The van der Waals surface area contributed by atoms with Gasteiger partial charge < -0.3 is 15.8 Å². The number of primary amides is 1. The van der Waals surface area contributed by atoms with E-state index in [2.05, 4.69) is 18.8 Å². The standard InChI is InChI=1S/C14H20N2O2/c1-3-4-5-11(2)16-12-6-8-13(9-7-12)18-10-14(15)17/h3,6-9,11,16H,1,4-5,10H2,2H3,(H2,15,17). The summed E-state index contributed by atoms with van der Waals surface area (Å²) in [5.41, 5.74) is 6.02. The van der Waals surface area contributed by atoms with E-state index in [4.69, 9.17) is 10.5 Å². The highest BCUT2D eigenvalue weighted by Crippen LogP contribution is 2.17. The quantitative estimate of drug-likeness (QED) is 0.694. The van der Waals surface area contributed by atoms with Crippen LogP contribution in [0.3, 0.4) is 0 Å². The maximum absolute atomic E-state index is 10.6. The first-order valence-electron chi connectivity index (χ1n) is 6.00. The van der Waals surface area contributed by atoms with Gasteiger partial charge in [0, 0.05) is 11.7 Å². The Morgan fingerprint density at radius 3 is 2.72 bits per heavy atom. The predicted molar refractivity (Wildman–Crippen MR) is 73.6 cm³/mol. The van der Waals surface area contributed by atoms with Crippen LogP contribution in [0.15, 0.2) is 36.9 Å². The third kappa shape index (κ3) is 5.39. The summed E-state index contributed by atoms with van der Waals surface area (Å²) in [6.45, 7) is 5.74. The van der Waals surface area contributed by atoms with Crippen molar-refractivity contribution in [3.05, 3.63) is 36.9 Å². The first-order chi connectivity index (χ1) is 8.61. The molecule has 4 heteroatoms. The average Bonchev–Trinajstić information content (AvgIpc) is 2.35. The highest BCUT2D eigenvalue weighted by atomic mass is 16.5. The van der Waals surface area contributed by atoms with Gasteiger partial charge in [-0.3, -0.25) is 4.79 Å². The zero-order valence-corrected chi connectivity index (χ0v) is 10.7. The monoisotopic (exact) mass is 248 g/mol. The van der Waals surface area contributed by atoms with Crippen molar-refractivity contribution < 1.29 is 9.53 Å². The van der Waals surface area contributed by atoms with E-state index >= 15 is 0 Å². The van der Waals surface area contributed by atoms with E-state index in [1.54, 1.807) is 0 Å². The van der Waals surface area contributed by atoms with Gasteiger partial charge in [-0.1, -0.05) is 6.08 Å². The van der Waals surface area contributed by atoms with Gasteiger partial charge in [0.2, 0.25) is 0 Å². The van der Waals surface area contributed by atoms with Crippen LogP contribution in [-0.4, -0.2) is 18.6 Å². The maximum atomic E-state index is 10.6. The van der Waals surface area contributed by atoms with Crippen LogP contribution in [0.4, 0.5) is 5.69 Å². The van der Waals surface area contributed by atoms with Crippen LogP contribution in [0.1, 0.15) is 19.8 Å². The van der Waals surface area contributed by atoms with Crippen LogP contribution in [0.2, 0.25) is 0 Å². The molecule has 0 aliphatic carbocycles. The number of allylic oxidation sites excluding steroid dienone is 1. The molecule has 1 aromatic carbocycles. The lowest BCUT2D eigenvalue weighted by molar-refractivity contribution is -0.119. The first-order valence-corrected chi connectivity index (χ1v) is 6.00. The highest BCUT2D eigenvalue weighted by molar-refractivity contribution is 5.75. The van der Waals surface area contributed by atoms with Gasteiger partial charge in [0.05, 0.1) is 0 Å². The van der Waals surface area contributed by atoms with Gasteiger partial charge in [-0.2, -0.15) is 0 Å². The van der Waals surface area contributed by atoms with Crippen LogP contribution in [-0.2, 0) is 4.79 Å². The third-order valence-electron chi connectivity index (χ3n) is 2.45. The number of nitrogens with one attached hydrogen (secondary N) is 1. The van der Waals surface area contributed by atoms with Gasteiger partial charge in [0.15, 0.2) is 6.61 Å². The van der Waals surface area contributed by atoms with E-state index < -0.39 is 5.91 Å². The summed E-state index contributed by atoms with van der Waals surface area (Å²) in [7, 11) is 0. The van der Waals surface area contributed by atoms with Crippen LogP contribution >= 0.6 is 0 Å². The summed E-state index contributed by atoms with van der Waals surface area (Å²) < 4.78 is 5.18. The Bertz CT molecular complexity index is 387. The van der Waals surface area contributed by atoms with E-state index in [-0.39, 0.29) is 6.61 Å². The minimum Gasteiger partial charge on any atom is -0.484 e. The molecule has 0 spiro atoms. The van der Waals surface area contributed by atoms with Crippen molar-refractivity contribution in [2.45, 2.75) is 25.8 Å². The van der Waals surface area contributed by atoms with E-state index in [0.29, 0.717) is 11.8 Å². The van der Waals surface area contributed by atoms with E-state index in [1.165, 1.54) is 0 Å². The molecule has 98 valence electrons. The van der Waals surface area contributed by atoms with Crippen molar-refractivity contribution in [3.63, 3.8) is 0 Å². The summed E-state index contributed by atoms with van der Waals surface area (Å²) >= 11 is 0. The molecule has 4 nitrogen and oxygen atoms in total. The van der Waals surface area contributed by atoms with Crippen LogP contribution in [0.25, 0.3) is 0 Å². The number of carbonyl (C=O) groups is 1. The van der Waals surface area contributed by atoms with E-state index in [0.717, 1.165) is 18.5 Å². The Hall–Kier alpha value is -1.97. The summed E-state index contributed by atoms with van der Waals surface area (Å²) in [5, 5.41) is 3.37. The fraction of sp³-hybridized carbons (Fsp3) is 0.357. The maximum Gasteiger partial charge on any atom is 0.255 e. The zero-order valence-electron chi connectivity index (χ0n) is 10.7. The molecule has 1 unspecified atom stereocenters. The van der Waals surface area contributed by atoms with Crippen molar-refractivity contribution in [2.75, 3.05) is 11.9 Å². The Labute approximate surface area is 108 Å². The second-order valence-electron chi connectivity index (χ2n) is 4.19. The van der Waals surface area contributed by atoms with Crippen molar-refractivity contribution >= 4 is 11.6 Å². The van der Waals surface area contributed by atoms with E-state index in [9.17, 15) is 4.79 Å². The molecule has 1 rings (SSSR count). The molecule has 1 aromatic rings. The largest absolute Gasteiger partial charge is 0.484 e. The summed E-state index contributed by atoms with van der Waals surface area (Å²) in [5.74, 6) is 0.161. The second kappa shape index (κ2) is 7.37. The number of carbonyl (C=O) groups excluding carboxylic acids is 1. The Kier molecular flexibility index (Phi) is 5.77. The molecule has 0 aliphatic heterocycles. The number of rotatable bonds is 8. The first kappa shape index (κ1) is 14.1. The Morgan fingerprint density at radius 1 is 1.50 bits per heavy atom. The lowest BCUT2D eigenvalue weighted by atomic mass is 10.1. The Morgan fingerprint density at radius 2 is 2.17 bits per heavy atom. The summed E-state index contributed by atoms with van der Waals surface area (Å²) in [6, 6.07) is 7.85. The lowest BCUT2D eigenvalue weighted by Crippen LogP contribution is -2.20. The molecular weight excluding hydrogens is 228 g/mol. The number of hydrogen-bond acceptors (Lipinski definition) is 3. The van der Waals surface area contributed by atoms with Gasteiger partial charge in [-0.05, 0) is 44.0 Å². The number of anilines is 1. The lowest BCUT2D eigenvalue weighted by Gasteiger charge is -2.14. The van der Waals surface area contributed by atoms with Crippen molar-refractivity contribution in [1.82, 2.24) is 0 Å². The molecule has 1 atom stereocenters. The van der Waals surface area contributed by atoms with Gasteiger partial charge in [-0.15, -0.1) is 6.58 Å². The Balaban J connectivity index is 2.44. The molecule has 0 fully saturated rings. The molecule has 0 bridgehead atoms. The van der Waals surface area contributed by atoms with Crippen molar-refractivity contribution in [1.29, 1.82) is 0 Å². The number of nitrogens with two attached hydrogens (primary N) is 1. The fourth-order valence-corrected chi connectivity index (χ4v) is 1.53. The van der Waals surface area contributed by atoms with Gasteiger partial charge in [0.25, 0.3) is 5.91 Å². The number of amides is 1. The van der Waals surface area contributed by atoms with Gasteiger partial charge >= 0.3 is 0 Å². The molecule has 0 saturated heterocycles. The van der Waals surface area contributed by atoms with Crippen LogP contribution < -0.4 is 15.8 Å². The molecule has 1 amide bonds. The van der Waals surface area contributed by atoms with Crippen LogP contribution in [0.5, 0.6) is 5.75 Å². The summed E-state index contributed by atoms with van der Waals surface area (Å²) in [4.78, 5) is 10.6. The van der Waals surface area contributed by atoms with Crippen molar-refractivity contribution in [2.24, 2.45) is 5.73 Å². The fourth-order valence-electron chi connectivity index (χ4n) is 1.53. The normalized spacial score (nSPS) is 11.6. The molecule has 0 saturated carbocycles. The molecule has 18 heavy (non-hydrogen) atoms. The number of hydrogen-bond donors (Lipinski definition) is 2. The van der Waals surface area contributed by atoms with Crippen molar-refractivity contribution in [3.8, 4) is 5.75 Å². The molecule has 0 heterocycles. The number of ether oxygens (including phenoxy) is 1. The predicted octanol–water partition coefficient (Wildman–Crippen LogP) is 2.32. The third-order valence-corrected chi connectivity index (χ3v) is 2.45. The molecule has 0 aliphatic rings. The summed E-state index contributed by atoms with van der Waals surface area (Å²) in [6.07, 6.45) is 3.95. The topological polar surface area (TPSA) is 64.3 Å². The zero-order chi connectivity index (χ0) is 13.4. The molecule has 0 aromatic heterocycles. The number of benzene rings is 1. The molecule has 0 radical (unpaired) electrons. The highest BCUT2D eigenvalue weighted by Gasteiger charge is 2.02. The van der Waals surface area contributed by atoms with Gasteiger partial charge in [0.1, 0.15) is 5.75 Å². The minimum absolute atomic E-state index is 0.0947.